The smallest absolute Gasteiger partial charge is 0.254 e. The second-order valence-electron chi connectivity index (χ2n) is 8.68. The summed E-state index contributed by atoms with van der Waals surface area (Å²) in [5.74, 6) is 0.169. The summed E-state index contributed by atoms with van der Waals surface area (Å²) in [4.78, 5) is 32.5. The zero-order chi connectivity index (χ0) is 27.2. The minimum atomic E-state index is -0.457. The summed E-state index contributed by atoms with van der Waals surface area (Å²) in [6, 6.07) is 25.5. The number of amides is 2. The monoisotopic (exact) mass is 524 g/mol. The quantitative estimate of drug-likeness (QED) is 0.273. The van der Waals surface area contributed by atoms with Crippen molar-refractivity contribution in [2.45, 2.75) is 6.54 Å². The fourth-order valence-electron chi connectivity index (χ4n) is 4.06. The Hall–Kier alpha value is -5.18. The third-order valence-electron chi connectivity index (χ3n) is 6.02. The number of hydrogen-bond donors (Lipinski definition) is 1. The highest BCUT2D eigenvalue weighted by molar-refractivity contribution is 5.99. The number of carbonyl (C=O) groups excluding carboxylic acids is 2. The summed E-state index contributed by atoms with van der Waals surface area (Å²) >= 11 is 0. The third kappa shape index (κ3) is 6.04. The molecule has 5 aromatic rings. The summed E-state index contributed by atoms with van der Waals surface area (Å²) in [5.41, 5.74) is 2.54. The number of carbonyl (C=O) groups is 2. The Morgan fingerprint density at radius 1 is 0.974 bits per heavy atom. The van der Waals surface area contributed by atoms with E-state index < -0.39 is 17.6 Å². The molecule has 0 saturated heterocycles. The predicted octanol–water partition coefficient (Wildman–Crippen LogP) is 5.56. The van der Waals surface area contributed by atoms with Crippen LogP contribution in [-0.4, -0.2) is 39.9 Å². The standard InChI is InChI=1S/C30H25FN4O4/c1-38-25-15-11-21(12-16-25)27-19-35(24-6-3-2-4-7-24)30(32-27)33-28(36)20-34(18-26-8-5-17-39-26)29(37)22-9-13-23(31)14-10-22/h2-17,19H,18,20H2,1H3,(H,32,33,36). The van der Waals surface area contributed by atoms with Gasteiger partial charge in [0.15, 0.2) is 0 Å². The van der Waals surface area contributed by atoms with Crippen molar-refractivity contribution < 1.29 is 23.1 Å². The molecule has 0 unspecified atom stereocenters. The maximum absolute atomic E-state index is 13.4. The van der Waals surface area contributed by atoms with Gasteiger partial charge in [0.1, 0.15) is 23.9 Å². The molecule has 5 rings (SSSR count). The van der Waals surface area contributed by atoms with Crippen LogP contribution in [0.15, 0.2) is 108 Å². The highest BCUT2D eigenvalue weighted by Crippen LogP contribution is 2.26. The normalized spacial score (nSPS) is 10.7. The van der Waals surface area contributed by atoms with Crippen LogP contribution in [0.4, 0.5) is 10.3 Å². The molecule has 2 heterocycles. The van der Waals surface area contributed by atoms with E-state index in [0.29, 0.717) is 17.4 Å². The molecule has 8 nitrogen and oxygen atoms in total. The van der Waals surface area contributed by atoms with E-state index >= 15 is 0 Å². The number of ether oxygens (including phenoxy) is 1. The van der Waals surface area contributed by atoms with Crippen molar-refractivity contribution >= 4 is 17.8 Å². The van der Waals surface area contributed by atoms with E-state index in [1.807, 2.05) is 60.8 Å². The summed E-state index contributed by atoms with van der Waals surface area (Å²) in [6.45, 7) is -0.225. The number of nitrogens with zero attached hydrogens (tertiary/aromatic N) is 3. The Bertz CT molecular complexity index is 1550. The van der Waals surface area contributed by atoms with E-state index in [9.17, 15) is 14.0 Å². The number of para-hydroxylation sites is 1. The van der Waals surface area contributed by atoms with Crippen LogP contribution in [0, 0.1) is 5.82 Å². The second kappa shape index (κ2) is 11.5. The van der Waals surface area contributed by atoms with Crippen LogP contribution in [0.2, 0.25) is 0 Å². The van der Waals surface area contributed by atoms with Crippen LogP contribution in [0.5, 0.6) is 5.75 Å². The molecule has 0 fully saturated rings. The first-order chi connectivity index (χ1) is 19.0. The van der Waals surface area contributed by atoms with E-state index in [1.54, 1.807) is 23.8 Å². The van der Waals surface area contributed by atoms with Crippen molar-refractivity contribution in [2.24, 2.45) is 0 Å². The topological polar surface area (TPSA) is 89.6 Å². The van der Waals surface area contributed by atoms with Crippen molar-refractivity contribution in [2.75, 3.05) is 19.0 Å². The summed E-state index contributed by atoms with van der Waals surface area (Å²) < 4.78 is 25.9. The van der Waals surface area contributed by atoms with Gasteiger partial charge in [-0.15, -0.1) is 0 Å². The van der Waals surface area contributed by atoms with E-state index in [1.165, 1.54) is 35.4 Å². The number of halogens is 1. The van der Waals surface area contributed by atoms with Gasteiger partial charge in [0.05, 0.1) is 25.6 Å². The highest BCUT2D eigenvalue weighted by atomic mass is 19.1. The third-order valence-corrected chi connectivity index (χ3v) is 6.02. The Labute approximate surface area is 224 Å². The van der Waals surface area contributed by atoms with E-state index in [-0.39, 0.29) is 18.7 Å². The maximum Gasteiger partial charge on any atom is 0.254 e. The summed E-state index contributed by atoms with van der Waals surface area (Å²) in [6.07, 6.45) is 3.32. The Morgan fingerprint density at radius 2 is 1.72 bits per heavy atom. The van der Waals surface area contributed by atoms with Gasteiger partial charge in [-0.2, -0.15) is 0 Å². The van der Waals surface area contributed by atoms with Crippen molar-refractivity contribution in [3.05, 3.63) is 121 Å². The molecule has 0 aliphatic carbocycles. The highest BCUT2D eigenvalue weighted by Gasteiger charge is 2.22. The van der Waals surface area contributed by atoms with Gasteiger partial charge in [-0.25, -0.2) is 9.37 Å². The number of rotatable bonds is 9. The van der Waals surface area contributed by atoms with Gasteiger partial charge in [0.2, 0.25) is 11.9 Å². The van der Waals surface area contributed by atoms with Gasteiger partial charge in [0, 0.05) is 23.0 Å². The number of nitrogens with one attached hydrogen (secondary N) is 1. The summed E-state index contributed by atoms with van der Waals surface area (Å²) in [5, 5.41) is 2.85. The molecular weight excluding hydrogens is 499 g/mol. The number of aromatic nitrogens is 2. The van der Waals surface area contributed by atoms with Crippen LogP contribution in [0.25, 0.3) is 16.9 Å². The Kier molecular flexibility index (Phi) is 7.49. The lowest BCUT2D eigenvalue weighted by Gasteiger charge is -2.21. The first kappa shape index (κ1) is 25.5. The molecule has 3 aromatic carbocycles. The molecule has 0 radical (unpaired) electrons. The minimum absolute atomic E-state index is 0.0564. The molecule has 0 aliphatic rings. The molecule has 2 aromatic heterocycles. The van der Waals surface area contributed by atoms with Gasteiger partial charge >= 0.3 is 0 Å². The molecule has 0 saturated carbocycles. The van der Waals surface area contributed by atoms with Crippen molar-refractivity contribution in [1.29, 1.82) is 0 Å². The van der Waals surface area contributed by atoms with E-state index in [0.717, 1.165) is 17.0 Å². The van der Waals surface area contributed by atoms with Gasteiger partial charge < -0.3 is 14.1 Å². The Morgan fingerprint density at radius 3 is 2.38 bits per heavy atom. The zero-order valence-corrected chi connectivity index (χ0v) is 21.1. The second-order valence-corrected chi connectivity index (χ2v) is 8.68. The summed E-state index contributed by atoms with van der Waals surface area (Å²) in [7, 11) is 1.60. The number of benzene rings is 3. The average Bonchev–Trinajstić information content (AvgIpc) is 3.63. The van der Waals surface area contributed by atoms with E-state index in [4.69, 9.17) is 9.15 Å². The van der Waals surface area contributed by atoms with Gasteiger partial charge in [-0.3, -0.25) is 19.5 Å². The number of methoxy groups -OCH3 is 1. The molecule has 9 heteroatoms. The molecule has 0 bridgehead atoms. The lowest BCUT2D eigenvalue weighted by Crippen LogP contribution is -2.37. The van der Waals surface area contributed by atoms with Crippen molar-refractivity contribution in [1.82, 2.24) is 14.5 Å². The van der Waals surface area contributed by atoms with Gasteiger partial charge in [-0.05, 0) is 72.8 Å². The molecule has 39 heavy (non-hydrogen) atoms. The molecule has 2 amide bonds. The van der Waals surface area contributed by atoms with Crippen LogP contribution in [0.3, 0.4) is 0 Å². The van der Waals surface area contributed by atoms with Crippen LogP contribution < -0.4 is 10.1 Å². The van der Waals surface area contributed by atoms with Crippen LogP contribution in [0.1, 0.15) is 16.1 Å². The fourth-order valence-corrected chi connectivity index (χ4v) is 4.06. The lowest BCUT2D eigenvalue weighted by molar-refractivity contribution is -0.117. The first-order valence-electron chi connectivity index (χ1n) is 12.2. The Balaban J connectivity index is 1.42. The fraction of sp³-hybridized carbons (Fsp3) is 0.100. The van der Waals surface area contributed by atoms with E-state index in [2.05, 4.69) is 10.3 Å². The van der Waals surface area contributed by atoms with Crippen LogP contribution in [-0.2, 0) is 11.3 Å². The molecular formula is C30H25FN4O4. The number of imidazole rings is 1. The predicted molar refractivity (Wildman–Crippen MR) is 144 cm³/mol. The molecule has 0 aliphatic heterocycles. The molecule has 1 N–H and O–H groups in total. The number of furan rings is 1. The molecule has 0 spiro atoms. The van der Waals surface area contributed by atoms with Gasteiger partial charge in [0.25, 0.3) is 5.91 Å². The van der Waals surface area contributed by atoms with Crippen LogP contribution >= 0.6 is 0 Å². The SMILES string of the molecule is COc1ccc(-c2cn(-c3ccccc3)c(NC(=O)CN(Cc3ccco3)C(=O)c3ccc(F)cc3)n2)cc1. The zero-order valence-electron chi connectivity index (χ0n) is 21.1. The van der Waals surface area contributed by atoms with Gasteiger partial charge in [-0.1, -0.05) is 18.2 Å². The molecule has 196 valence electrons. The minimum Gasteiger partial charge on any atom is -0.497 e. The van der Waals surface area contributed by atoms with Crippen molar-refractivity contribution in [3.8, 4) is 22.7 Å². The largest absolute Gasteiger partial charge is 0.497 e. The average molecular weight is 525 g/mol. The number of anilines is 1. The lowest BCUT2D eigenvalue weighted by atomic mass is 10.1. The van der Waals surface area contributed by atoms with Crippen molar-refractivity contribution in [3.63, 3.8) is 0 Å². The molecule has 0 atom stereocenters. The first-order valence-corrected chi connectivity index (χ1v) is 12.2. The maximum atomic E-state index is 13.4. The number of hydrogen-bond acceptors (Lipinski definition) is 5.